The number of hydrogen-bond donors (Lipinski definition) is 1. The second-order valence-electron chi connectivity index (χ2n) is 5.18. The second kappa shape index (κ2) is 8.55. The third-order valence-corrected chi connectivity index (χ3v) is 3.66. The highest BCUT2D eigenvalue weighted by molar-refractivity contribution is 5.55. The average Bonchev–Trinajstić information content (AvgIpc) is 2.44. The van der Waals surface area contributed by atoms with Gasteiger partial charge in [-0.3, -0.25) is 0 Å². The first kappa shape index (κ1) is 16.5. The molecule has 0 saturated heterocycles. The molecule has 4 nitrogen and oxygen atoms in total. The number of hydrogen-bond acceptors (Lipinski definition) is 4. The van der Waals surface area contributed by atoms with Crippen LogP contribution in [0.2, 0.25) is 0 Å². The van der Waals surface area contributed by atoms with E-state index in [1.807, 2.05) is 13.0 Å². The van der Waals surface area contributed by atoms with Crippen molar-refractivity contribution in [2.75, 3.05) is 25.0 Å². The molecule has 0 radical (unpaired) electrons. The molecule has 1 heterocycles. The van der Waals surface area contributed by atoms with Gasteiger partial charge < -0.3 is 10.2 Å². The fourth-order valence-electron chi connectivity index (χ4n) is 2.28. The van der Waals surface area contributed by atoms with Crippen LogP contribution in [0.1, 0.15) is 44.7 Å². The maximum absolute atomic E-state index is 9.19. The number of rotatable bonds is 8. The van der Waals surface area contributed by atoms with E-state index in [0.717, 1.165) is 38.0 Å². The molecule has 1 aromatic rings. The summed E-state index contributed by atoms with van der Waals surface area (Å²) >= 11 is 0. The van der Waals surface area contributed by atoms with Crippen LogP contribution in [-0.2, 0) is 0 Å². The maximum Gasteiger partial charge on any atom is 0.144 e. The van der Waals surface area contributed by atoms with Gasteiger partial charge in [0.05, 0.1) is 5.56 Å². The van der Waals surface area contributed by atoms with E-state index in [4.69, 9.17) is 0 Å². The van der Waals surface area contributed by atoms with E-state index in [0.29, 0.717) is 17.4 Å². The van der Waals surface area contributed by atoms with Crippen molar-refractivity contribution in [3.63, 3.8) is 0 Å². The van der Waals surface area contributed by atoms with Crippen molar-refractivity contribution >= 4 is 5.82 Å². The number of anilines is 1. The number of nitrogens with one attached hydrogen (secondary N) is 1. The molecule has 0 fully saturated rings. The Morgan fingerprint density at radius 1 is 1.40 bits per heavy atom. The van der Waals surface area contributed by atoms with E-state index in [-0.39, 0.29) is 0 Å². The third-order valence-electron chi connectivity index (χ3n) is 3.66. The molecule has 0 aliphatic heterocycles. The second-order valence-corrected chi connectivity index (χ2v) is 5.18. The molecule has 1 unspecified atom stereocenters. The summed E-state index contributed by atoms with van der Waals surface area (Å²) in [5.74, 6) is 0.711. The Balaban J connectivity index is 2.49. The zero-order chi connectivity index (χ0) is 15.0. The van der Waals surface area contributed by atoms with Gasteiger partial charge in [-0.1, -0.05) is 13.8 Å². The summed E-state index contributed by atoms with van der Waals surface area (Å²) < 4.78 is 0. The summed E-state index contributed by atoms with van der Waals surface area (Å²) in [7, 11) is 0. The van der Waals surface area contributed by atoms with Crippen molar-refractivity contribution in [3.05, 3.63) is 23.4 Å². The Hall–Kier alpha value is -1.60. The van der Waals surface area contributed by atoms with Crippen LogP contribution in [0, 0.1) is 18.3 Å². The maximum atomic E-state index is 9.19. The molecule has 0 aliphatic carbocycles. The summed E-state index contributed by atoms with van der Waals surface area (Å²) in [6.45, 7) is 11.8. The summed E-state index contributed by atoms with van der Waals surface area (Å²) in [5, 5.41) is 12.5. The first-order valence-corrected chi connectivity index (χ1v) is 7.46. The molecular weight excluding hydrogens is 248 g/mol. The SMILES string of the molecule is CCN(CC)CCCC(C)Nc1nccc(C)c1C#N. The zero-order valence-electron chi connectivity index (χ0n) is 13.1. The third kappa shape index (κ3) is 4.82. The first-order chi connectivity index (χ1) is 9.62. The van der Waals surface area contributed by atoms with Crippen LogP contribution in [-0.4, -0.2) is 35.6 Å². The number of aromatic nitrogens is 1. The summed E-state index contributed by atoms with van der Waals surface area (Å²) in [6.07, 6.45) is 3.99. The number of aryl methyl sites for hydroxylation is 1. The van der Waals surface area contributed by atoms with Gasteiger partial charge in [0.15, 0.2) is 0 Å². The van der Waals surface area contributed by atoms with Crippen molar-refractivity contribution in [2.24, 2.45) is 0 Å². The quantitative estimate of drug-likeness (QED) is 0.791. The molecule has 1 aromatic heterocycles. The van der Waals surface area contributed by atoms with Crippen molar-refractivity contribution < 1.29 is 0 Å². The van der Waals surface area contributed by atoms with Crippen LogP contribution >= 0.6 is 0 Å². The molecule has 1 atom stereocenters. The summed E-state index contributed by atoms with van der Waals surface area (Å²) in [6, 6.07) is 4.42. The Kier molecular flexibility index (Phi) is 7.03. The van der Waals surface area contributed by atoms with Crippen molar-refractivity contribution in [1.82, 2.24) is 9.88 Å². The Labute approximate surface area is 122 Å². The Bertz CT molecular complexity index is 446. The highest BCUT2D eigenvalue weighted by Gasteiger charge is 2.10. The smallest absolute Gasteiger partial charge is 0.144 e. The van der Waals surface area contributed by atoms with Gasteiger partial charge in [-0.15, -0.1) is 0 Å². The standard InChI is InChI=1S/C16H26N4/c1-5-20(6-2)11-7-8-14(4)19-16-15(12-17)13(3)9-10-18-16/h9-10,14H,5-8,11H2,1-4H3,(H,18,19). The molecule has 0 amide bonds. The average molecular weight is 274 g/mol. The fourth-order valence-corrected chi connectivity index (χ4v) is 2.28. The zero-order valence-corrected chi connectivity index (χ0v) is 13.1. The summed E-state index contributed by atoms with van der Waals surface area (Å²) in [4.78, 5) is 6.71. The van der Waals surface area contributed by atoms with Crippen LogP contribution in [0.5, 0.6) is 0 Å². The largest absolute Gasteiger partial charge is 0.367 e. The predicted molar refractivity (Wildman–Crippen MR) is 83.8 cm³/mol. The lowest BCUT2D eigenvalue weighted by molar-refractivity contribution is 0.295. The highest BCUT2D eigenvalue weighted by atomic mass is 15.1. The van der Waals surface area contributed by atoms with Gasteiger partial charge in [-0.2, -0.15) is 5.26 Å². The normalized spacial score (nSPS) is 12.2. The van der Waals surface area contributed by atoms with Crippen LogP contribution in [0.25, 0.3) is 0 Å². The van der Waals surface area contributed by atoms with E-state index in [1.54, 1.807) is 6.20 Å². The molecule has 1 N–H and O–H groups in total. The number of pyridine rings is 1. The van der Waals surface area contributed by atoms with E-state index in [1.165, 1.54) is 0 Å². The molecule has 0 spiro atoms. The lowest BCUT2D eigenvalue weighted by Gasteiger charge is -2.20. The molecule has 4 heteroatoms. The van der Waals surface area contributed by atoms with E-state index in [2.05, 4.69) is 42.0 Å². The van der Waals surface area contributed by atoms with Gasteiger partial charge in [0, 0.05) is 12.2 Å². The Morgan fingerprint density at radius 2 is 2.10 bits per heavy atom. The van der Waals surface area contributed by atoms with Gasteiger partial charge in [-0.05, 0) is 58.0 Å². The molecular formula is C16H26N4. The molecule has 0 aliphatic rings. The molecule has 0 saturated carbocycles. The molecule has 0 aromatic carbocycles. The van der Waals surface area contributed by atoms with Gasteiger partial charge in [0.25, 0.3) is 0 Å². The van der Waals surface area contributed by atoms with Gasteiger partial charge >= 0.3 is 0 Å². The van der Waals surface area contributed by atoms with Crippen LogP contribution in [0.4, 0.5) is 5.82 Å². The van der Waals surface area contributed by atoms with E-state index >= 15 is 0 Å². The topological polar surface area (TPSA) is 52.0 Å². The van der Waals surface area contributed by atoms with Crippen molar-refractivity contribution in [3.8, 4) is 6.07 Å². The van der Waals surface area contributed by atoms with Gasteiger partial charge in [0.1, 0.15) is 11.9 Å². The minimum Gasteiger partial charge on any atom is -0.367 e. The highest BCUT2D eigenvalue weighted by Crippen LogP contribution is 2.17. The lowest BCUT2D eigenvalue weighted by atomic mass is 10.1. The number of nitrogens with zero attached hydrogens (tertiary/aromatic N) is 3. The van der Waals surface area contributed by atoms with Crippen LogP contribution in [0.15, 0.2) is 12.3 Å². The Morgan fingerprint density at radius 3 is 2.70 bits per heavy atom. The molecule has 0 bridgehead atoms. The van der Waals surface area contributed by atoms with Gasteiger partial charge in [0.2, 0.25) is 0 Å². The number of nitriles is 1. The predicted octanol–water partition coefficient (Wildman–Crippen LogP) is 3.18. The molecule has 1 rings (SSSR count). The van der Waals surface area contributed by atoms with Crippen LogP contribution < -0.4 is 5.32 Å². The monoisotopic (exact) mass is 274 g/mol. The molecule has 110 valence electrons. The van der Waals surface area contributed by atoms with E-state index < -0.39 is 0 Å². The van der Waals surface area contributed by atoms with Crippen molar-refractivity contribution in [1.29, 1.82) is 5.26 Å². The fraction of sp³-hybridized carbons (Fsp3) is 0.625. The minimum absolute atomic E-state index is 0.326. The van der Waals surface area contributed by atoms with Gasteiger partial charge in [-0.25, -0.2) is 4.98 Å². The minimum atomic E-state index is 0.326. The first-order valence-electron chi connectivity index (χ1n) is 7.46. The lowest BCUT2D eigenvalue weighted by Crippen LogP contribution is -2.26. The summed E-state index contributed by atoms with van der Waals surface area (Å²) in [5.41, 5.74) is 1.63. The van der Waals surface area contributed by atoms with Crippen molar-refractivity contribution in [2.45, 2.75) is 46.6 Å². The van der Waals surface area contributed by atoms with Crippen LogP contribution in [0.3, 0.4) is 0 Å². The molecule has 20 heavy (non-hydrogen) atoms. The van der Waals surface area contributed by atoms with E-state index in [9.17, 15) is 5.26 Å².